The number of esters is 2. The van der Waals surface area contributed by atoms with Crippen molar-refractivity contribution in [3.8, 4) is 0 Å². The van der Waals surface area contributed by atoms with Crippen molar-refractivity contribution in [1.29, 1.82) is 0 Å². The fraction of sp³-hybridized carbons (Fsp3) is 0.200. The maximum Gasteiger partial charge on any atom is -0.0134 e. The van der Waals surface area contributed by atoms with E-state index >= 15 is 0 Å². The number of hydrogen-bond donors (Lipinski definition) is 0. The molecule has 0 saturated heterocycles. The largest absolute Gasteiger partial charge is 0.0622 e. The SMILES string of the molecule is C=CCC.C=CCc1cn(C(=O)OC(C)(C)C)cc1C(=O)OC.COC(=O)c1cn(C(=O)OC(C)(C)C)cc1Br.[Cl][Pd][Cl].c1ccc(P(c2ccccc2)c2ccccc2)cc1.c1ccc(P(c2ccccc2)c2ccccc2)cc1. The first kappa shape index (κ1) is 69.1. The molecule has 2 aromatic heterocycles. The van der Waals surface area contributed by atoms with E-state index in [4.69, 9.17) is 28.5 Å². The van der Waals surface area contributed by atoms with Crippen molar-refractivity contribution in [3.63, 3.8) is 0 Å². The maximum atomic E-state index is 11.9. The molecule has 0 N–H and O–H groups in total. The second-order valence-corrected chi connectivity index (χ2v) is 26.5. The van der Waals surface area contributed by atoms with Gasteiger partial charge in [0.05, 0.1) is 29.8 Å². The van der Waals surface area contributed by atoms with Crippen LogP contribution in [0.2, 0.25) is 0 Å². The van der Waals surface area contributed by atoms with Crippen LogP contribution in [0.5, 0.6) is 0 Å². The number of rotatable bonds is 11. The van der Waals surface area contributed by atoms with Crippen molar-refractivity contribution in [2.75, 3.05) is 14.2 Å². The molecule has 0 unspecified atom stereocenters. The summed E-state index contributed by atoms with van der Waals surface area (Å²) < 4.78 is 22.6. The predicted octanol–water partition coefficient (Wildman–Crippen LogP) is 15.5. The first-order valence-corrected chi connectivity index (χ1v) is 32.9. The summed E-state index contributed by atoms with van der Waals surface area (Å²) in [6.07, 6.45) is 9.80. The number of aromatic nitrogens is 2. The Kier molecular flexibility index (Phi) is 31.6. The standard InChI is InChI=1S/2C18H15P.C14H19NO4.C11H14BrNO4.C4H8.2ClH.Pd/c2*1-4-10-16(11-5-1)19(17-12-6-2-7-13-17)18-14-8-3-9-15-18;1-6-7-10-8-15(9-11(10)12(16)18-5)13(17)19-14(2,3)4;1-11(2,3)17-10(15)13-5-7(8(12)6-13)9(14)16-4;1-3-4-2;;;/h2*1-15H;6,8-9H,1,7H2,2-5H3;5-6H,1-4H3;3H,1,4H2,2H3;2*1H;/q;;;;;;;+2/p-2. The van der Waals surface area contributed by atoms with Gasteiger partial charge in [0.25, 0.3) is 0 Å². The molecule has 81 heavy (non-hydrogen) atoms. The van der Waals surface area contributed by atoms with E-state index in [9.17, 15) is 19.2 Å². The van der Waals surface area contributed by atoms with Gasteiger partial charge in [-0.05, 0) is 124 Å². The van der Waals surface area contributed by atoms with Crippen molar-refractivity contribution in [1.82, 2.24) is 9.13 Å². The summed E-state index contributed by atoms with van der Waals surface area (Å²) in [5, 5.41) is 8.39. The van der Waals surface area contributed by atoms with Crippen LogP contribution in [0, 0.1) is 0 Å². The second-order valence-electron chi connectivity index (χ2n) is 18.9. The number of methoxy groups -OCH3 is 2. The summed E-state index contributed by atoms with van der Waals surface area (Å²) in [5.41, 5.74) is 0.115. The Labute approximate surface area is 506 Å². The Hall–Kier alpha value is -6.18. The summed E-state index contributed by atoms with van der Waals surface area (Å²) in [6.45, 7) is 19.8. The van der Waals surface area contributed by atoms with Crippen molar-refractivity contribution >= 4 is 107 Å². The van der Waals surface area contributed by atoms with Crippen LogP contribution in [0.15, 0.2) is 237 Å². The number of halogens is 3. The topological polar surface area (TPSA) is 115 Å². The zero-order chi connectivity index (χ0) is 59.8. The molecule has 0 saturated carbocycles. The minimum atomic E-state index is -0.592. The van der Waals surface area contributed by atoms with E-state index in [1.54, 1.807) is 53.8 Å². The molecule has 0 amide bonds. The van der Waals surface area contributed by atoms with Crippen LogP contribution >= 0.6 is 50.8 Å². The molecule has 0 aliphatic heterocycles. The average molecular weight is 1330 g/mol. The Morgan fingerprint density at radius 2 is 0.753 bits per heavy atom. The zero-order valence-corrected chi connectivity index (χ0v) is 53.6. The molecule has 0 radical (unpaired) electrons. The molecule has 0 bridgehead atoms. The quantitative estimate of drug-likeness (QED) is 0.0413. The number of allylic oxidation sites excluding steroid dienone is 2. The molecular weight excluding hydrogens is 1260 g/mol. The van der Waals surface area contributed by atoms with Crippen LogP contribution < -0.4 is 31.8 Å². The molecule has 10 nitrogen and oxygen atoms in total. The van der Waals surface area contributed by atoms with Gasteiger partial charge < -0.3 is 18.9 Å². The van der Waals surface area contributed by atoms with Gasteiger partial charge in [-0.1, -0.05) is 201 Å². The van der Waals surface area contributed by atoms with Crippen LogP contribution in [0.25, 0.3) is 0 Å². The number of carbonyl (C=O) groups excluding carboxylic acids is 4. The van der Waals surface area contributed by atoms with Gasteiger partial charge >= 0.3 is 59.1 Å². The number of benzene rings is 6. The van der Waals surface area contributed by atoms with Gasteiger partial charge in [-0.15, -0.1) is 13.2 Å². The smallest absolute Gasteiger partial charge is 0.0134 e. The van der Waals surface area contributed by atoms with Crippen LogP contribution in [0.1, 0.15) is 81.2 Å². The van der Waals surface area contributed by atoms with E-state index in [1.165, 1.54) is 73.8 Å². The minimum Gasteiger partial charge on any atom is -0.0622 e. The van der Waals surface area contributed by atoms with Crippen molar-refractivity contribution in [2.24, 2.45) is 0 Å². The van der Waals surface area contributed by atoms with Crippen molar-refractivity contribution < 1.29 is 54.1 Å². The Morgan fingerprint density at radius 1 is 0.494 bits per heavy atom. The third-order valence-electron chi connectivity index (χ3n) is 10.4. The Balaban J connectivity index is 0.000000273. The first-order valence-electron chi connectivity index (χ1n) is 25.4. The van der Waals surface area contributed by atoms with Gasteiger partial charge in [0.2, 0.25) is 0 Å². The Morgan fingerprint density at radius 3 is 1.00 bits per heavy atom. The predicted molar refractivity (Wildman–Crippen MR) is 339 cm³/mol. The summed E-state index contributed by atoms with van der Waals surface area (Å²) >= 11 is 3.07. The normalized spacial score (nSPS) is 10.4. The van der Waals surface area contributed by atoms with Crippen LogP contribution in [-0.4, -0.2) is 58.7 Å². The van der Waals surface area contributed by atoms with E-state index in [0.717, 1.165) is 6.42 Å². The number of hydrogen-bond acceptors (Lipinski definition) is 8. The minimum absolute atomic E-state index is 0.106. The molecule has 0 fully saturated rings. The summed E-state index contributed by atoms with van der Waals surface area (Å²) in [4.78, 5) is 46.6. The molecule has 8 rings (SSSR count). The molecule has 16 heteroatoms. The van der Waals surface area contributed by atoms with E-state index in [0.29, 0.717) is 22.0 Å². The maximum absolute atomic E-state index is 11.9. The third-order valence-corrected chi connectivity index (χ3v) is 16.0. The average Bonchev–Trinajstić information content (AvgIpc) is 4.09. The number of nitrogens with zero attached hydrogens (tertiary/aromatic N) is 2. The van der Waals surface area contributed by atoms with Gasteiger partial charge in [0.1, 0.15) is 11.2 Å². The summed E-state index contributed by atoms with van der Waals surface area (Å²) in [5.74, 6) is -1.00. The fourth-order valence-corrected chi connectivity index (χ4v) is 12.1. The first-order chi connectivity index (χ1) is 38.7. The number of carbonyl (C=O) groups is 4. The molecule has 8 aromatic rings. The monoisotopic (exact) mass is 1320 g/mol. The summed E-state index contributed by atoms with van der Waals surface area (Å²) in [7, 11) is 11.3. The van der Waals surface area contributed by atoms with Crippen molar-refractivity contribution in [3.05, 3.63) is 253 Å². The van der Waals surface area contributed by atoms with E-state index in [-0.39, 0.29) is 21.5 Å². The van der Waals surface area contributed by atoms with E-state index in [1.807, 2.05) is 6.08 Å². The number of ether oxygens (including phenoxy) is 4. The molecular formula is C65H71BrCl2N2O8P2Pd. The molecule has 430 valence electrons. The zero-order valence-electron chi connectivity index (χ0n) is 47.1. The third kappa shape index (κ3) is 24.8. The van der Waals surface area contributed by atoms with E-state index in [2.05, 4.69) is 227 Å². The van der Waals surface area contributed by atoms with Crippen LogP contribution in [-0.2, 0) is 41.3 Å². The van der Waals surface area contributed by atoms with Crippen LogP contribution in [0.4, 0.5) is 9.59 Å². The van der Waals surface area contributed by atoms with Gasteiger partial charge in [0, 0.05) is 24.8 Å². The second kappa shape index (κ2) is 37.0. The van der Waals surface area contributed by atoms with Gasteiger partial charge in [-0.25, -0.2) is 19.2 Å². The fourth-order valence-electron chi connectivity index (χ4n) is 7.00. The van der Waals surface area contributed by atoms with Gasteiger partial charge in [-0.2, -0.15) is 0 Å². The molecule has 0 aliphatic carbocycles. The van der Waals surface area contributed by atoms with Crippen molar-refractivity contribution in [2.45, 2.75) is 72.5 Å². The van der Waals surface area contributed by atoms with Gasteiger partial charge in [-0.3, -0.25) is 9.13 Å². The molecule has 6 aromatic carbocycles. The van der Waals surface area contributed by atoms with Gasteiger partial charge in [0.15, 0.2) is 0 Å². The molecule has 0 aliphatic rings. The molecule has 0 atom stereocenters. The Bertz CT molecular complexity index is 2820. The summed E-state index contributed by atoms with van der Waals surface area (Å²) in [6, 6.07) is 64.7. The van der Waals surface area contributed by atoms with Crippen LogP contribution in [0.3, 0.4) is 0 Å². The molecule has 2 heterocycles. The molecule has 0 spiro atoms. The van der Waals surface area contributed by atoms with E-state index < -0.39 is 51.2 Å².